The molecule has 0 aliphatic carbocycles. The van der Waals surface area contributed by atoms with Crippen molar-refractivity contribution in [3.05, 3.63) is 54.7 Å². The number of amides is 1. The minimum absolute atomic E-state index is 0.0590. The summed E-state index contributed by atoms with van der Waals surface area (Å²) in [4.78, 5) is 13.2. The second-order valence-electron chi connectivity index (χ2n) is 8.40. The second kappa shape index (κ2) is 8.96. The third-order valence-electron chi connectivity index (χ3n) is 6.10. The van der Waals surface area contributed by atoms with Crippen LogP contribution in [0.15, 0.2) is 59.6 Å². The molecular weight excluding hydrogens is 426 g/mol. The molecule has 2 aromatic carbocycles. The Hall–Kier alpha value is -2.84. The third-order valence-corrected chi connectivity index (χ3v) is 8.01. The zero-order valence-electron chi connectivity index (χ0n) is 18.6. The highest BCUT2D eigenvalue weighted by Crippen LogP contribution is 2.29. The summed E-state index contributed by atoms with van der Waals surface area (Å²) in [6.45, 7) is 4.89. The quantitative estimate of drug-likeness (QED) is 0.602. The van der Waals surface area contributed by atoms with Crippen LogP contribution in [-0.2, 0) is 14.8 Å². The summed E-state index contributed by atoms with van der Waals surface area (Å²) in [5, 5.41) is 4.08. The molecule has 1 amide bonds. The van der Waals surface area contributed by atoms with Crippen LogP contribution in [0.4, 0.5) is 5.69 Å². The van der Waals surface area contributed by atoms with Crippen molar-refractivity contribution in [2.45, 2.75) is 37.6 Å². The fourth-order valence-electron chi connectivity index (χ4n) is 4.24. The van der Waals surface area contributed by atoms with Crippen LogP contribution in [0.5, 0.6) is 5.75 Å². The van der Waals surface area contributed by atoms with Gasteiger partial charge in [-0.1, -0.05) is 6.07 Å². The molecule has 7 nitrogen and oxygen atoms in total. The van der Waals surface area contributed by atoms with E-state index in [1.165, 1.54) is 4.31 Å². The molecule has 0 radical (unpaired) electrons. The molecule has 0 unspecified atom stereocenters. The number of carbonyl (C=O) groups is 1. The summed E-state index contributed by atoms with van der Waals surface area (Å²) in [6.07, 6.45) is 3.02. The van der Waals surface area contributed by atoms with E-state index in [0.29, 0.717) is 37.7 Å². The fourth-order valence-corrected chi connectivity index (χ4v) is 5.71. The largest absolute Gasteiger partial charge is 0.497 e. The molecule has 1 aromatic heterocycles. The number of hydrogen-bond acceptors (Lipinski definition) is 4. The first kappa shape index (κ1) is 22.4. The van der Waals surface area contributed by atoms with Gasteiger partial charge in [0.05, 0.1) is 23.2 Å². The van der Waals surface area contributed by atoms with Gasteiger partial charge in [-0.25, -0.2) is 8.42 Å². The zero-order chi connectivity index (χ0) is 22.9. The lowest BCUT2D eigenvalue weighted by Crippen LogP contribution is -2.41. The van der Waals surface area contributed by atoms with Crippen molar-refractivity contribution in [3.8, 4) is 5.75 Å². The third kappa shape index (κ3) is 4.25. The highest BCUT2D eigenvalue weighted by atomic mass is 32.2. The number of rotatable bonds is 6. The predicted octanol–water partition coefficient (Wildman–Crippen LogP) is 4.27. The Balaban J connectivity index is 1.42. The Morgan fingerprint density at radius 1 is 1.06 bits per heavy atom. The van der Waals surface area contributed by atoms with Gasteiger partial charge in [0.15, 0.2) is 0 Å². The summed E-state index contributed by atoms with van der Waals surface area (Å²) in [6, 6.07) is 14.6. The monoisotopic (exact) mass is 455 g/mol. The van der Waals surface area contributed by atoms with Gasteiger partial charge in [0.25, 0.3) is 0 Å². The lowest BCUT2D eigenvalue weighted by Gasteiger charge is -2.30. The average Bonchev–Trinajstić information content (AvgIpc) is 3.25. The lowest BCUT2D eigenvalue weighted by atomic mass is 9.97. The van der Waals surface area contributed by atoms with Crippen LogP contribution in [0.1, 0.15) is 32.7 Å². The van der Waals surface area contributed by atoms with Gasteiger partial charge in [-0.05, 0) is 69.2 Å². The van der Waals surface area contributed by atoms with Crippen molar-refractivity contribution >= 4 is 32.5 Å². The van der Waals surface area contributed by atoms with Crippen molar-refractivity contribution in [2.75, 3.05) is 25.5 Å². The maximum absolute atomic E-state index is 12.9. The van der Waals surface area contributed by atoms with Gasteiger partial charge in [0.2, 0.25) is 15.9 Å². The van der Waals surface area contributed by atoms with Gasteiger partial charge >= 0.3 is 0 Å². The number of nitrogens with zero attached hydrogens (tertiary/aromatic N) is 2. The van der Waals surface area contributed by atoms with E-state index in [0.717, 1.165) is 16.6 Å². The smallest absolute Gasteiger partial charge is 0.243 e. The lowest BCUT2D eigenvalue weighted by molar-refractivity contribution is -0.120. The molecule has 0 atom stereocenters. The average molecular weight is 456 g/mol. The second-order valence-corrected chi connectivity index (χ2v) is 10.3. The first-order chi connectivity index (χ1) is 15.3. The number of anilines is 1. The Morgan fingerprint density at radius 2 is 1.75 bits per heavy atom. The van der Waals surface area contributed by atoms with E-state index in [2.05, 4.69) is 23.7 Å². The van der Waals surface area contributed by atoms with Crippen LogP contribution < -0.4 is 10.1 Å². The molecule has 1 aliphatic heterocycles. The SMILES string of the molecule is COc1ccc(S(=O)(=O)N2CCC(C(=O)Nc3cccc4c3ccn4C(C)C)CC2)cc1. The molecule has 1 N–H and O–H groups in total. The highest BCUT2D eigenvalue weighted by molar-refractivity contribution is 7.89. The number of fused-ring (bicyclic) bond motifs is 1. The Labute approximate surface area is 189 Å². The fraction of sp³-hybridized carbons (Fsp3) is 0.375. The Morgan fingerprint density at radius 3 is 2.38 bits per heavy atom. The number of benzene rings is 2. The number of aromatic nitrogens is 1. The van der Waals surface area contributed by atoms with Crippen molar-refractivity contribution < 1.29 is 17.9 Å². The minimum atomic E-state index is -3.59. The molecular formula is C24H29N3O4S. The molecule has 2 heterocycles. The summed E-state index contributed by atoms with van der Waals surface area (Å²) in [7, 11) is -2.04. The maximum atomic E-state index is 12.9. The molecule has 1 fully saturated rings. The maximum Gasteiger partial charge on any atom is 0.243 e. The summed E-state index contributed by atoms with van der Waals surface area (Å²) in [5.41, 5.74) is 1.87. The van der Waals surface area contributed by atoms with Crippen LogP contribution in [0.25, 0.3) is 10.9 Å². The number of methoxy groups -OCH3 is 1. The molecule has 4 rings (SSSR count). The van der Waals surface area contributed by atoms with Crippen LogP contribution in [0.3, 0.4) is 0 Å². The van der Waals surface area contributed by atoms with Crippen LogP contribution in [-0.4, -0.2) is 43.4 Å². The van der Waals surface area contributed by atoms with Crippen molar-refractivity contribution in [1.82, 2.24) is 8.87 Å². The van der Waals surface area contributed by atoms with E-state index in [4.69, 9.17) is 4.74 Å². The summed E-state index contributed by atoms with van der Waals surface area (Å²) in [5.74, 6) is 0.328. The number of sulfonamides is 1. The first-order valence-electron chi connectivity index (χ1n) is 10.9. The van der Waals surface area contributed by atoms with Crippen molar-refractivity contribution in [3.63, 3.8) is 0 Å². The number of nitrogens with one attached hydrogen (secondary N) is 1. The molecule has 3 aromatic rings. The summed E-state index contributed by atoms with van der Waals surface area (Å²) >= 11 is 0. The van der Waals surface area contributed by atoms with E-state index >= 15 is 0 Å². The van der Waals surface area contributed by atoms with Crippen molar-refractivity contribution in [2.24, 2.45) is 5.92 Å². The molecule has 1 saturated heterocycles. The molecule has 0 saturated carbocycles. The summed E-state index contributed by atoms with van der Waals surface area (Å²) < 4.78 is 34.6. The van der Waals surface area contributed by atoms with Gasteiger partial charge < -0.3 is 14.6 Å². The van der Waals surface area contributed by atoms with E-state index in [-0.39, 0.29) is 16.7 Å². The molecule has 8 heteroatoms. The molecule has 32 heavy (non-hydrogen) atoms. The molecule has 0 spiro atoms. The van der Waals surface area contributed by atoms with E-state index < -0.39 is 10.0 Å². The van der Waals surface area contributed by atoms with Gasteiger partial charge in [0, 0.05) is 36.6 Å². The van der Waals surface area contributed by atoms with Crippen LogP contribution in [0, 0.1) is 5.92 Å². The Bertz CT molecular complexity index is 1210. The van der Waals surface area contributed by atoms with Gasteiger partial charge in [-0.2, -0.15) is 4.31 Å². The predicted molar refractivity (Wildman–Crippen MR) is 125 cm³/mol. The highest BCUT2D eigenvalue weighted by Gasteiger charge is 2.32. The number of piperidine rings is 1. The zero-order valence-corrected chi connectivity index (χ0v) is 19.4. The topological polar surface area (TPSA) is 80.6 Å². The van der Waals surface area contributed by atoms with Crippen LogP contribution >= 0.6 is 0 Å². The van der Waals surface area contributed by atoms with E-state index in [9.17, 15) is 13.2 Å². The number of carbonyl (C=O) groups excluding carboxylic acids is 1. The van der Waals surface area contributed by atoms with E-state index in [1.54, 1.807) is 31.4 Å². The van der Waals surface area contributed by atoms with E-state index in [1.807, 2.05) is 30.5 Å². The molecule has 0 bridgehead atoms. The number of hydrogen-bond donors (Lipinski definition) is 1. The van der Waals surface area contributed by atoms with Gasteiger partial charge in [-0.15, -0.1) is 0 Å². The normalized spacial score (nSPS) is 15.9. The standard InChI is InChI=1S/C24H29N3O4S/c1-17(2)27-16-13-21-22(5-4-6-23(21)27)25-24(28)18-11-14-26(15-12-18)32(29,30)20-9-7-19(31-3)8-10-20/h4-10,13,16-18H,11-12,14-15H2,1-3H3,(H,25,28). The molecule has 170 valence electrons. The number of ether oxygens (including phenoxy) is 1. The van der Waals surface area contributed by atoms with Gasteiger partial charge in [0.1, 0.15) is 5.75 Å². The first-order valence-corrected chi connectivity index (χ1v) is 12.3. The van der Waals surface area contributed by atoms with Gasteiger partial charge in [-0.3, -0.25) is 4.79 Å². The Kier molecular flexibility index (Phi) is 6.26. The van der Waals surface area contributed by atoms with Crippen LogP contribution in [0.2, 0.25) is 0 Å². The molecule has 1 aliphatic rings. The van der Waals surface area contributed by atoms with Crippen molar-refractivity contribution in [1.29, 1.82) is 0 Å². The minimum Gasteiger partial charge on any atom is -0.497 e.